The first kappa shape index (κ1) is 55.0. The van der Waals surface area contributed by atoms with Crippen LogP contribution in [0.4, 0.5) is 28.9 Å². The number of rotatable bonds is 18. The molecule has 4 amide bonds. The van der Waals surface area contributed by atoms with Crippen LogP contribution < -0.4 is 25.2 Å². The van der Waals surface area contributed by atoms with Gasteiger partial charge in [0.05, 0.1) is 58.8 Å². The Kier molecular flexibility index (Phi) is 16.9. The van der Waals surface area contributed by atoms with Crippen molar-refractivity contribution >= 4 is 63.7 Å². The highest BCUT2D eigenvalue weighted by Gasteiger charge is 2.51. The average molecular weight is 1060 g/mol. The smallest absolute Gasteiger partial charge is 0.417 e. The molecular formula is C54H57F4N7O7S2. The SMILES string of the molecule is Cc1ncsc1-c1ccc(CNC(=O)[C@@H]2C[C@@H](C)CN2C(=O)[C@@H](NC(=O)COCCOCCOc2ccc(-c3ccc(N4C(=S)N(c5ccc(C#N)c(C(F)(F)F)c5)C(=O)C4(C)C)cc3F)cc2)C(C)(C)C)cc1. The minimum absolute atomic E-state index is 0.0864. The van der Waals surface area contributed by atoms with Gasteiger partial charge in [-0.25, -0.2) is 9.37 Å². The summed E-state index contributed by atoms with van der Waals surface area (Å²) in [5.74, 6) is -1.76. The lowest BCUT2D eigenvalue weighted by molar-refractivity contribution is -0.144. The second-order valence-corrected chi connectivity index (χ2v) is 21.0. The number of amides is 4. The predicted octanol–water partition coefficient (Wildman–Crippen LogP) is 9.23. The number of hydrogen-bond donors (Lipinski definition) is 2. The highest BCUT2D eigenvalue weighted by Crippen LogP contribution is 2.41. The molecule has 0 aliphatic carbocycles. The van der Waals surface area contributed by atoms with Gasteiger partial charge in [0.15, 0.2) is 5.11 Å². The highest BCUT2D eigenvalue weighted by atomic mass is 32.1. The average Bonchev–Trinajstić information content (AvgIpc) is 4.02. The Morgan fingerprint density at radius 2 is 1.59 bits per heavy atom. The maximum absolute atomic E-state index is 15.8. The zero-order valence-corrected chi connectivity index (χ0v) is 43.6. The van der Waals surface area contributed by atoms with Crippen LogP contribution in [0.25, 0.3) is 21.6 Å². The molecule has 0 unspecified atom stereocenters. The zero-order valence-electron chi connectivity index (χ0n) is 42.0. The van der Waals surface area contributed by atoms with Gasteiger partial charge in [-0.15, -0.1) is 11.3 Å². The molecule has 0 spiro atoms. The summed E-state index contributed by atoms with van der Waals surface area (Å²) < 4.78 is 74.1. The molecule has 20 heteroatoms. The minimum atomic E-state index is -4.86. The van der Waals surface area contributed by atoms with E-state index in [1.807, 2.05) is 64.4 Å². The van der Waals surface area contributed by atoms with Gasteiger partial charge >= 0.3 is 6.18 Å². The number of thiazole rings is 1. The van der Waals surface area contributed by atoms with E-state index in [9.17, 15) is 37.6 Å². The molecule has 2 aliphatic rings. The topological polar surface area (TPSA) is 166 Å². The summed E-state index contributed by atoms with van der Waals surface area (Å²) >= 11 is 7.16. The van der Waals surface area contributed by atoms with E-state index < -0.39 is 58.0 Å². The lowest BCUT2D eigenvalue weighted by atomic mass is 9.85. The molecule has 4 aromatic carbocycles. The molecule has 0 saturated carbocycles. The van der Waals surface area contributed by atoms with Crippen LogP contribution in [-0.2, 0) is 41.4 Å². The van der Waals surface area contributed by atoms with E-state index in [-0.39, 0.29) is 72.8 Å². The Balaban J connectivity index is 0.835. The molecule has 7 rings (SSSR count). The van der Waals surface area contributed by atoms with E-state index in [0.29, 0.717) is 36.9 Å². The first-order valence-electron chi connectivity index (χ1n) is 23.8. The Morgan fingerprint density at radius 3 is 2.23 bits per heavy atom. The summed E-state index contributed by atoms with van der Waals surface area (Å²) in [6, 6.07) is 21.7. The van der Waals surface area contributed by atoms with Crippen LogP contribution in [0.5, 0.6) is 5.75 Å². The van der Waals surface area contributed by atoms with Gasteiger partial charge in [0.25, 0.3) is 5.91 Å². The number of thiocarbonyl (C=S) groups is 1. The second-order valence-electron chi connectivity index (χ2n) is 19.8. The van der Waals surface area contributed by atoms with Gasteiger partial charge in [0.1, 0.15) is 42.4 Å². The molecule has 14 nitrogen and oxygen atoms in total. The van der Waals surface area contributed by atoms with Gasteiger partial charge in [0, 0.05) is 24.3 Å². The highest BCUT2D eigenvalue weighted by molar-refractivity contribution is 7.81. The summed E-state index contributed by atoms with van der Waals surface area (Å²) in [7, 11) is 0. The van der Waals surface area contributed by atoms with Crippen molar-refractivity contribution < 1.29 is 51.0 Å². The van der Waals surface area contributed by atoms with Crippen LogP contribution in [-0.4, -0.2) is 95.8 Å². The Labute approximate surface area is 436 Å². The normalized spacial score (nSPS) is 17.1. The first-order valence-corrected chi connectivity index (χ1v) is 25.1. The third-order valence-electron chi connectivity index (χ3n) is 12.8. The fourth-order valence-electron chi connectivity index (χ4n) is 8.89. The summed E-state index contributed by atoms with van der Waals surface area (Å²) in [6.07, 6.45) is -4.35. The summed E-state index contributed by atoms with van der Waals surface area (Å²) in [4.78, 5) is 63.7. The molecule has 2 N–H and O–H groups in total. The number of likely N-dealkylation sites (tertiary alicyclic amines) is 1. The van der Waals surface area contributed by atoms with Crippen LogP contribution in [0.15, 0.2) is 90.4 Å². The number of carbonyl (C=O) groups is 4. The Morgan fingerprint density at radius 1 is 0.932 bits per heavy atom. The molecule has 390 valence electrons. The van der Waals surface area contributed by atoms with E-state index in [1.54, 1.807) is 46.6 Å². The fourth-order valence-corrected chi connectivity index (χ4v) is 10.2. The molecule has 5 aromatic rings. The number of ether oxygens (including phenoxy) is 3. The minimum Gasteiger partial charge on any atom is -0.491 e. The van der Waals surface area contributed by atoms with Crippen molar-refractivity contribution in [1.82, 2.24) is 20.5 Å². The Bertz CT molecular complexity index is 2940. The van der Waals surface area contributed by atoms with Crippen molar-refractivity contribution in [1.29, 1.82) is 5.26 Å². The summed E-state index contributed by atoms with van der Waals surface area (Å²) in [6.45, 7) is 13.6. The maximum atomic E-state index is 15.8. The van der Waals surface area contributed by atoms with Crippen molar-refractivity contribution in [3.05, 3.63) is 119 Å². The van der Waals surface area contributed by atoms with E-state index in [4.69, 9.17) is 26.4 Å². The zero-order chi connectivity index (χ0) is 53.7. The van der Waals surface area contributed by atoms with Gasteiger partial charge in [0.2, 0.25) is 17.7 Å². The van der Waals surface area contributed by atoms with Crippen LogP contribution in [0.1, 0.15) is 70.3 Å². The van der Waals surface area contributed by atoms with Crippen LogP contribution in [0, 0.1) is 35.4 Å². The molecule has 3 atom stereocenters. The van der Waals surface area contributed by atoms with Gasteiger partial charge in [-0.3, -0.25) is 24.1 Å². The molecule has 2 aliphatic heterocycles. The predicted molar refractivity (Wildman–Crippen MR) is 277 cm³/mol. The van der Waals surface area contributed by atoms with Gasteiger partial charge in [-0.1, -0.05) is 64.1 Å². The van der Waals surface area contributed by atoms with E-state index >= 15 is 4.39 Å². The van der Waals surface area contributed by atoms with Gasteiger partial charge in [-0.2, -0.15) is 18.4 Å². The lowest BCUT2D eigenvalue weighted by Gasteiger charge is -2.35. The number of nitrogens with one attached hydrogen (secondary N) is 2. The quantitative estimate of drug-likeness (QED) is 0.0488. The molecule has 2 saturated heterocycles. The van der Waals surface area contributed by atoms with Crippen LogP contribution in [0.3, 0.4) is 0 Å². The third kappa shape index (κ3) is 12.4. The number of halogens is 4. The standard InChI is InChI=1S/C54H57F4N7O7S2/c1-32-24-44(48(67)60-28-34-8-10-36(11-9-34)46-33(2)61-31-74-46)63(29-32)49(68)47(52(3,4)5)62-45(66)30-71-21-20-70-22-23-72-40-17-13-35(14-18-40)41-19-16-39(26-43(41)55)65-51(73)64(50(69)53(65,6)7)38-15-12-37(27-59)42(25-38)54(56,57)58/h8-19,25-26,31-32,44,47H,20-24,28-30H2,1-7H3,(H,60,67)(H,62,66)/t32-,44+,47-/m1/s1. The van der Waals surface area contributed by atoms with Crippen LogP contribution >= 0.6 is 23.6 Å². The van der Waals surface area contributed by atoms with Gasteiger partial charge < -0.3 is 34.6 Å². The number of hydrogen-bond acceptors (Lipinski definition) is 11. The molecule has 2 fully saturated rings. The largest absolute Gasteiger partial charge is 0.491 e. The van der Waals surface area contributed by atoms with Gasteiger partial charge in [-0.05, 0) is 116 Å². The monoisotopic (exact) mass is 1060 g/mol. The summed E-state index contributed by atoms with van der Waals surface area (Å²) in [5.41, 5.74) is 1.66. The van der Waals surface area contributed by atoms with Crippen molar-refractivity contribution in [3.8, 4) is 33.4 Å². The molecule has 3 heterocycles. The maximum Gasteiger partial charge on any atom is 0.417 e. The number of aryl methyl sites for hydroxylation is 1. The third-order valence-corrected chi connectivity index (χ3v) is 14.1. The van der Waals surface area contributed by atoms with Crippen molar-refractivity contribution in [3.63, 3.8) is 0 Å². The molecule has 74 heavy (non-hydrogen) atoms. The molecule has 0 bridgehead atoms. The molecular weight excluding hydrogens is 999 g/mol. The summed E-state index contributed by atoms with van der Waals surface area (Å²) in [5, 5.41) is 14.9. The number of aromatic nitrogens is 1. The molecule has 1 aromatic heterocycles. The van der Waals surface area contributed by atoms with Crippen molar-refractivity contribution in [2.45, 2.75) is 85.2 Å². The van der Waals surface area contributed by atoms with E-state index in [1.165, 1.54) is 43.0 Å². The fraction of sp³-hybridized carbons (Fsp3) is 0.389. The second kappa shape index (κ2) is 22.8. The number of anilines is 2. The lowest BCUT2D eigenvalue weighted by Crippen LogP contribution is -2.58. The van der Waals surface area contributed by atoms with Crippen molar-refractivity contribution in [2.24, 2.45) is 11.3 Å². The molecule has 0 radical (unpaired) electrons. The van der Waals surface area contributed by atoms with E-state index in [0.717, 1.165) is 32.7 Å². The Hall–Kier alpha value is -6.79. The number of nitriles is 1. The van der Waals surface area contributed by atoms with E-state index in [2.05, 4.69) is 15.6 Å². The first-order chi connectivity index (χ1) is 35.0. The number of alkyl halides is 3. The van der Waals surface area contributed by atoms with Crippen molar-refractivity contribution in [2.75, 3.05) is 49.4 Å². The number of nitrogens with zero attached hydrogens (tertiary/aromatic N) is 5. The van der Waals surface area contributed by atoms with Crippen LogP contribution in [0.2, 0.25) is 0 Å². The number of carbonyl (C=O) groups excluding carboxylic acids is 4. The number of benzene rings is 4.